The second kappa shape index (κ2) is 4.07. The van der Waals surface area contributed by atoms with Gasteiger partial charge < -0.3 is 9.84 Å². The summed E-state index contributed by atoms with van der Waals surface area (Å²) in [6.45, 7) is 8.68. The molecule has 3 heteroatoms. The van der Waals surface area contributed by atoms with Gasteiger partial charge in [-0.3, -0.25) is 0 Å². The van der Waals surface area contributed by atoms with Gasteiger partial charge in [0.25, 0.3) is 0 Å². The van der Waals surface area contributed by atoms with Crippen LogP contribution in [-0.2, 0) is 4.74 Å². The van der Waals surface area contributed by atoms with Crippen LogP contribution < -0.4 is 0 Å². The van der Waals surface area contributed by atoms with Crippen molar-refractivity contribution in [1.82, 2.24) is 0 Å². The summed E-state index contributed by atoms with van der Waals surface area (Å²) in [5.74, 6) is 0. The smallest absolute Gasteiger partial charge is 0.139 e. The molecule has 0 amide bonds. The molecule has 1 N–H and O–H groups in total. The highest BCUT2D eigenvalue weighted by Gasteiger charge is 2.34. The highest BCUT2D eigenvalue weighted by Crippen LogP contribution is 2.34. The van der Waals surface area contributed by atoms with Crippen LogP contribution in [-0.4, -0.2) is 31.7 Å². The van der Waals surface area contributed by atoms with E-state index >= 15 is 0 Å². The maximum absolute atomic E-state index is 9.34. The third-order valence-corrected chi connectivity index (χ3v) is 2.78. The zero-order chi connectivity index (χ0) is 10.9. The molecular weight excluding hydrogens is 175 g/mol. The quantitative estimate of drug-likeness (QED) is 0.502. The molecule has 0 fully saturated rings. The number of rotatable bonds is 1. The first kappa shape index (κ1) is 11.8. The lowest BCUT2D eigenvalue weighted by Crippen LogP contribution is -2.40. The summed E-state index contributed by atoms with van der Waals surface area (Å²) in [5.41, 5.74) is 2.44. The van der Waals surface area contributed by atoms with E-state index in [0.717, 1.165) is 12.0 Å². The zero-order valence-corrected chi connectivity index (χ0v) is 9.92. The van der Waals surface area contributed by atoms with E-state index < -0.39 is 0 Å². The SMILES string of the molecule is B[C@H]1CC(C)=C(CO)[C@@H](C(C)(C)C)O1. The molecule has 0 saturated carbocycles. The minimum Gasteiger partial charge on any atom is -0.392 e. The fraction of sp³-hybridized carbons (Fsp3) is 0.818. The van der Waals surface area contributed by atoms with Crippen molar-refractivity contribution in [3.05, 3.63) is 11.1 Å². The van der Waals surface area contributed by atoms with E-state index in [-0.39, 0.29) is 24.1 Å². The molecule has 0 aromatic rings. The summed E-state index contributed by atoms with van der Waals surface area (Å²) in [5, 5.41) is 9.34. The minimum absolute atomic E-state index is 0.0635. The minimum atomic E-state index is 0.0635. The lowest BCUT2D eigenvalue weighted by Gasteiger charge is -2.39. The molecule has 0 radical (unpaired) electrons. The molecule has 2 atom stereocenters. The van der Waals surface area contributed by atoms with Crippen molar-refractivity contribution in [2.75, 3.05) is 6.61 Å². The second-order valence-electron chi connectivity index (χ2n) is 5.36. The van der Waals surface area contributed by atoms with Crippen molar-refractivity contribution in [1.29, 1.82) is 0 Å². The monoisotopic (exact) mass is 196 g/mol. The normalized spacial score (nSPS) is 29.5. The van der Waals surface area contributed by atoms with Crippen molar-refractivity contribution < 1.29 is 9.84 Å². The Hall–Kier alpha value is -0.275. The van der Waals surface area contributed by atoms with Crippen molar-refractivity contribution >= 4 is 7.85 Å². The van der Waals surface area contributed by atoms with Crippen LogP contribution in [0.1, 0.15) is 34.1 Å². The van der Waals surface area contributed by atoms with Gasteiger partial charge in [0.05, 0.1) is 12.7 Å². The largest absolute Gasteiger partial charge is 0.392 e. The first-order valence-electron chi connectivity index (χ1n) is 5.31. The molecule has 0 saturated heterocycles. The maximum atomic E-state index is 9.34. The number of hydrogen-bond donors (Lipinski definition) is 1. The molecule has 1 heterocycles. The molecule has 14 heavy (non-hydrogen) atoms. The van der Waals surface area contributed by atoms with E-state index in [9.17, 15) is 5.11 Å². The van der Waals surface area contributed by atoms with Gasteiger partial charge in [0.15, 0.2) is 0 Å². The van der Waals surface area contributed by atoms with E-state index in [0.29, 0.717) is 0 Å². The second-order valence-corrected chi connectivity index (χ2v) is 5.36. The molecule has 0 bridgehead atoms. The molecule has 1 rings (SSSR count). The zero-order valence-electron chi connectivity index (χ0n) is 9.92. The average molecular weight is 196 g/mol. The van der Waals surface area contributed by atoms with Crippen molar-refractivity contribution in [3.8, 4) is 0 Å². The van der Waals surface area contributed by atoms with Crippen LogP contribution in [0.25, 0.3) is 0 Å². The van der Waals surface area contributed by atoms with Crippen LogP contribution in [0.4, 0.5) is 0 Å². The molecule has 0 aromatic heterocycles. The topological polar surface area (TPSA) is 29.5 Å². The van der Waals surface area contributed by atoms with Gasteiger partial charge in [-0.2, -0.15) is 0 Å². The van der Waals surface area contributed by atoms with Gasteiger partial charge in [-0.05, 0) is 24.3 Å². The molecule has 1 aliphatic rings. The van der Waals surface area contributed by atoms with Crippen LogP contribution in [0, 0.1) is 5.41 Å². The highest BCUT2D eigenvalue weighted by molar-refractivity contribution is 6.11. The van der Waals surface area contributed by atoms with Gasteiger partial charge in [0, 0.05) is 6.00 Å². The van der Waals surface area contributed by atoms with Gasteiger partial charge in [0.2, 0.25) is 0 Å². The Bertz CT molecular complexity index is 240. The molecule has 0 aliphatic carbocycles. The summed E-state index contributed by atoms with van der Waals surface area (Å²) in [6.07, 6.45) is 1.01. The van der Waals surface area contributed by atoms with E-state index in [1.807, 2.05) is 0 Å². The summed E-state index contributed by atoms with van der Waals surface area (Å²) in [6, 6.07) is 0.273. The molecule has 2 nitrogen and oxygen atoms in total. The summed E-state index contributed by atoms with van der Waals surface area (Å²) >= 11 is 0. The van der Waals surface area contributed by atoms with Gasteiger partial charge in [-0.15, -0.1) is 0 Å². The Morgan fingerprint density at radius 2 is 2.07 bits per heavy atom. The fourth-order valence-electron chi connectivity index (χ4n) is 2.09. The Labute approximate surface area is 87.8 Å². The number of aliphatic hydroxyl groups is 1. The highest BCUT2D eigenvalue weighted by atomic mass is 16.5. The summed E-state index contributed by atoms with van der Waals surface area (Å²) in [4.78, 5) is 0. The standard InChI is InChI=1S/C11H21BO2/c1-7-5-9(12)14-10(8(7)6-13)11(2,3)4/h9-10,13H,5-6,12H2,1-4H3/t9-,10+/m1/s1. The first-order valence-corrected chi connectivity index (χ1v) is 5.31. The van der Waals surface area contributed by atoms with Crippen LogP contribution in [0.15, 0.2) is 11.1 Å². The third kappa shape index (κ3) is 2.40. The van der Waals surface area contributed by atoms with Crippen LogP contribution in [0.5, 0.6) is 0 Å². The molecule has 0 spiro atoms. The van der Waals surface area contributed by atoms with Crippen molar-refractivity contribution in [2.45, 2.75) is 46.2 Å². The molecular formula is C11H21BO2. The number of aliphatic hydroxyl groups excluding tert-OH is 1. The van der Waals surface area contributed by atoms with E-state index in [1.54, 1.807) is 0 Å². The lowest BCUT2D eigenvalue weighted by atomic mass is 9.78. The van der Waals surface area contributed by atoms with Crippen molar-refractivity contribution in [2.24, 2.45) is 5.41 Å². The van der Waals surface area contributed by atoms with Crippen molar-refractivity contribution in [3.63, 3.8) is 0 Å². The Morgan fingerprint density at radius 1 is 1.50 bits per heavy atom. The average Bonchev–Trinajstić information content (AvgIpc) is 2.01. The maximum Gasteiger partial charge on any atom is 0.139 e. The fourth-order valence-corrected chi connectivity index (χ4v) is 2.09. The Balaban J connectivity index is 2.98. The lowest BCUT2D eigenvalue weighted by molar-refractivity contribution is -0.0268. The van der Waals surface area contributed by atoms with Crippen LogP contribution in [0.3, 0.4) is 0 Å². The van der Waals surface area contributed by atoms with E-state index in [1.165, 1.54) is 5.57 Å². The van der Waals surface area contributed by atoms with Crippen LogP contribution >= 0.6 is 0 Å². The first-order chi connectivity index (χ1) is 6.36. The Kier molecular flexibility index (Phi) is 3.43. The van der Waals surface area contributed by atoms with Gasteiger partial charge in [-0.1, -0.05) is 26.3 Å². The summed E-state index contributed by atoms with van der Waals surface area (Å²) < 4.78 is 5.91. The predicted octanol–water partition coefficient (Wildman–Crippen LogP) is 1.09. The predicted molar refractivity (Wildman–Crippen MR) is 61.1 cm³/mol. The molecule has 0 unspecified atom stereocenters. The van der Waals surface area contributed by atoms with Gasteiger partial charge >= 0.3 is 0 Å². The molecule has 80 valence electrons. The van der Waals surface area contributed by atoms with Gasteiger partial charge in [0.1, 0.15) is 7.85 Å². The molecule has 1 aliphatic heterocycles. The third-order valence-electron chi connectivity index (χ3n) is 2.78. The van der Waals surface area contributed by atoms with E-state index in [4.69, 9.17) is 4.74 Å². The van der Waals surface area contributed by atoms with E-state index in [2.05, 4.69) is 35.5 Å². The molecule has 0 aromatic carbocycles. The number of ether oxygens (including phenoxy) is 1. The number of hydrogen-bond acceptors (Lipinski definition) is 2. The summed E-state index contributed by atoms with van der Waals surface area (Å²) in [7, 11) is 2.09. The van der Waals surface area contributed by atoms with Crippen LogP contribution in [0.2, 0.25) is 0 Å². The Morgan fingerprint density at radius 3 is 2.50 bits per heavy atom. The van der Waals surface area contributed by atoms with Gasteiger partial charge in [-0.25, -0.2) is 0 Å².